The molecule has 26 heavy (non-hydrogen) atoms. The van der Waals surface area contributed by atoms with Crippen molar-refractivity contribution < 1.29 is 9.57 Å². The Balaban J connectivity index is 1.55. The summed E-state index contributed by atoms with van der Waals surface area (Å²) in [4.78, 5) is 9.79. The van der Waals surface area contributed by atoms with E-state index in [-0.39, 0.29) is 0 Å². The number of benzene rings is 2. The molecule has 131 valence electrons. The van der Waals surface area contributed by atoms with Crippen LogP contribution in [0.5, 0.6) is 5.75 Å². The van der Waals surface area contributed by atoms with Gasteiger partial charge in [0, 0.05) is 11.8 Å². The average molecular weight is 345 g/mol. The molecule has 0 aliphatic heterocycles. The number of nitrogens with zero attached hydrogens (tertiary/aromatic N) is 2. The maximum atomic E-state index is 5.56. The van der Waals surface area contributed by atoms with E-state index in [1.54, 1.807) is 12.3 Å². The molecule has 0 saturated heterocycles. The Bertz CT molecular complexity index is 816. The van der Waals surface area contributed by atoms with Gasteiger partial charge in [-0.3, -0.25) is 4.98 Å². The van der Waals surface area contributed by atoms with Crippen LogP contribution in [0.4, 0.5) is 0 Å². The molecule has 0 bridgehead atoms. The number of rotatable bonds is 8. The first kappa shape index (κ1) is 17.7. The summed E-state index contributed by atoms with van der Waals surface area (Å²) in [5, 5.41) is 4.26. The van der Waals surface area contributed by atoms with Gasteiger partial charge in [-0.1, -0.05) is 54.5 Å². The van der Waals surface area contributed by atoms with Crippen molar-refractivity contribution in [3.63, 3.8) is 0 Å². The molecule has 3 aromatic rings. The van der Waals surface area contributed by atoms with E-state index in [1.165, 1.54) is 0 Å². The molecule has 0 N–H and O–H groups in total. The van der Waals surface area contributed by atoms with E-state index in [0.717, 1.165) is 34.7 Å². The van der Waals surface area contributed by atoms with Gasteiger partial charge in [-0.15, -0.1) is 0 Å². The van der Waals surface area contributed by atoms with Crippen molar-refractivity contribution in [1.29, 1.82) is 0 Å². The highest BCUT2D eigenvalue weighted by atomic mass is 16.6. The van der Waals surface area contributed by atoms with Gasteiger partial charge >= 0.3 is 0 Å². The Kier molecular flexibility index (Phi) is 6.37. The van der Waals surface area contributed by atoms with E-state index in [4.69, 9.17) is 9.57 Å². The molecule has 0 amide bonds. The SMILES string of the molecule is CC/C(=N\OCCOc1c[c]ccc1)c1ccc(-c2ccccn2)cc1. The molecular weight excluding hydrogens is 324 g/mol. The number of hydrogen-bond acceptors (Lipinski definition) is 4. The number of hydrogen-bond donors (Lipinski definition) is 0. The largest absolute Gasteiger partial charge is 0.490 e. The lowest BCUT2D eigenvalue weighted by atomic mass is 10.0. The highest BCUT2D eigenvalue weighted by Crippen LogP contribution is 2.18. The third kappa shape index (κ3) is 4.93. The highest BCUT2D eigenvalue weighted by Gasteiger charge is 2.04. The van der Waals surface area contributed by atoms with Crippen LogP contribution >= 0.6 is 0 Å². The zero-order valence-electron chi connectivity index (χ0n) is 14.8. The zero-order valence-corrected chi connectivity index (χ0v) is 14.8. The second-order valence-corrected chi connectivity index (χ2v) is 5.60. The summed E-state index contributed by atoms with van der Waals surface area (Å²) in [6.45, 7) is 2.90. The van der Waals surface area contributed by atoms with E-state index < -0.39 is 0 Å². The van der Waals surface area contributed by atoms with Crippen LogP contribution < -0.4 is 4.74 Å². The zero-order chi connectivity index (χ0) is 18.0. The third-order valence-corrected chi connectivity index (χ3v) is 3.81. The Morgan fingerprint density at radius 2 is 1.92 bits per heavy atom. The smallest absolute Gasteiger partial charge is 0.151 e. The van der Waals surface area contributed by atoms with Crippen LogP contribution in [0.3, 0.4) is 0 Å². The van der Waals surface area contributed by atoms with Crippen LogP contribution in [0, 0.1) is 6.07 Å². The van der Waals surface area contributed by atoms with Gasteiger partial charge in [-0.05, 0) is 42.3 Å². The molecular formula is C22H21N2O2. The van der Waals surface area contributed by atoms with Gasteiger partial charge in [0.25, 0.3) is 0 Å². The molecule has 1 aromatic heterocycles. The number of ether oxygens (including phenoxy) is 1. The van der Waals surface area contributed by atoms with Gasteiger partial charge in [-0.25, -0.2) is 0 Å². The summed E-state index contributed by atoms with van der Waals surface area (Å²) < 4.78 is 5.56. The standard InChI is InChI=1S/C22H21N2O2/c1-2-21(24-26-17-16-25-20-8-4-3-5-9-20)18-11-13-19(14-12-18)22-10-6-7-15-23-22/h3-4,6-15H,2,16-17H2,1H3/b24-21+. The number of oxime groups is 1. The molecule has 2 aromatic carbocycles. The molecule has 0 spiro atoms. The van der Waals surface area contributed by atoms with Crippen molar-refractivity contribution in [1.82, 2.24) is 4.98 Å². The van der Waals surface area contributed by atoms with E-state index >= 15 is 0 Å². The molecule has 1 heterocycles. The number of aromatic nitrogens is 1. The third-order valence-electron chi connectivity index (χ3n) is 3.81. The van der Waals surface area contributed by atoms with Gasteiger partial charge in [0.2, 0.25) is 0 Å². The minimum atomic E-state index is 0.393. The Labute approximate surface area is 154 Å². The van der Waals surface area contributed by atoms with Crippen molar-refractivity contribution in [3.05, 3.63) is 84.6 Å². The van der Waals surface area contributed by atoms with Gasteiger partial charge in [-0.2, -0.15) is 0 Å². The van der Waals surface area contributed by atoms with Gasteiger partial charge in [0.05, 0.1) is 11.4 Å². The first-order chi connectivity index (χ1) is 12.9. The van der Waals surface area contributed by atoms with Crippen molar-refractivity contribution in [2.45, 2.75) is 13.3 Å². The van der Waals surface area contributed by atoms with E-state index in [1.807, 2.05) is 48.5 Å². The molecule has 3 rings (SSSR count). The van der Waals surface area contributed by atoms with Crippen molar-refractivity contribution in [2.75, 3.05) is 13.2 Å². The average Bonchev–Trinajstić information content (AvgIpc) is 2.72. The summed E-state index contributed by atoms with van der Waals surface area (Å²) in [6, 6.07) is 24.5. The molecule has 0 saturated carbocycles. The Morgan fingerprint density at radius 1 is 1.04 bits per heavy atom. The van der Waals surface area contributed by atoms with Crippen molar-refractivity contribution >= 4 is 5.71 Å². The van der Waals surface area contributed by atoms with Crippen LogP contribution in [0.15, 0.2) is 78.1 Å². The van der Waals surface area contributed by atoms with Gasteiger partial charge in [0.15, 0.2) is 6.61 Å². The van der Waals surface area contributed by atoms with Gasteiger partial charge in [0.1, 0.15) is 12.4 Å². The fraction of sp³-hybridized carbons (Fsp3) is 0.182. The predicted octanol–water partition coefficient (Wildman–Crippen LogP) is 4.76. The van der Waals surface area contributed by atoms with E-state index in [2.05, 4.69) is 35.3 Å². The molecule has 1 radical (unpaired) electrons. The molecule has 4 nitrogen and oxygen atoms in total. The lowest BCUT2D eigenvalue weighted by molar-refractivity contribution is 0.107. The maximum absolute atomic E-state index is 5.56. The Morgan fingerprint density at radius 3 is 2.62 bits per heavy atom. The van der Waals surface area contributed by atoms with Crippen LogP contribution in [0.1, 0.15) is 18.9 Å². The molecule has 4 heteroatoms. The van der Waals surface area contributed by atoms with Crippen LogP contribution in [0.2, 0.25) is 0 Å². The Hall–Kier alpha value is -3.14. The van der Waals surface area contributed by atoms with Crippen LogP contribution in [-0.4, -0.2) is 23.9 Å². The quantitative estimate of drug-likeness (QED) is 0.336. The maximum Gasteiger partial charge on any atom is 0.151 e. The predicted molar refractivity (Wildman–Crippen MR) is 103 cm³/mol. The molecule has 0 atom stereocenters. The molecule has 0 aliphatic carbocycles. The normalized spacial score (nSPS) is 11.2. The van der Waals surface area contributed by atoms with Crippen molar-refractivity contribution in [3.8, 4) is 17.0 Å². The summed E-state index contributed by atoms with van der Waals surface area (Å²) in [7, 11) is 0. The monoisotopic (exact) mass is 345 g/mol. The molecule has 0 aliphatic rings. The lowest BCUT2D eigenvalue weighted by Gasteiger charge is -2.07. The second kappa shape index (κ2) is 9.37. The highest BCUT2D eigenvalue weighted by molar-refractivity contribution is 6.00. The summed E-state index contributed by atoms with van der Waals surface area (Å²) in [6.07, 6.45) is 2.59. The topological polar surface area (TPSA) is 43.7 Å². The van der Waals surface area contributed by atoms with Crippen LogP contribution in [-0.2, 0) is 4.84 Å². The molecule has 0 fully saturated rings. The summed E-state index contributed by atoms with van der Waals surface area (Å²) >= 11 is 0. The summed E-state index contributed by atoms with van der Waals surface area (Å²) in [5.74, 6) is 0.779. The van der Waals surface area contributed by atoms with Crippen LogP contribution in [0.25, 0.3) is 11.3 Å². The number of pyridine rings is 1. The van der Waals surface area contributed by atoms with E-state index in [9.17, 15) is 0 Å². The minimum Gasteiger partial charge on any atom is -0.490 e. The summed E-state index contributed by atoms with van der Waals surface area (Å²) in [5.41, 5.74) is 4.00. The van der Waals surface area contributed by atoms with E-state index in [0.29, 0.717) is 13.2 Å². The molecule has 0 unspecified atom stereocenters. The fourth-order valence-corrected chi connectivity index (χ4v) is 2.48. The van der Waals surface area contributed by atoms with Gasteiger partial charge < -0.3 is 9.57 Å². The first-order valence-corrected chi connectivity index (χ1v) is 8.66. The minimum absolute atomic E-state index is 0.393. The van der Waals surface area contributed by atoms with Crippen molar-refractivity contribution in [2.24, 2.45) is 5.16 Å². The first-order valence-electron chi connectivity index (χ1n) is 8.66. The fourth-order valence-electron chi connectivity index (χ4n) is 2.48. The lowest BCUT2D eigenvalue weighted by Crippen LogP contribution is -2.06. The second-order valence-electron chi connectivity index (χ2n) is 5.60.